The minimum Gasteiger partial charge on any atom is -0.383 e. The van der Waals surface area contributed by atoms with E-state index < -0.39 is 0 Å². The van der Waals surface area contributed by atoms with Crippen LogP contribution in [0.5, 0.6) is 0 Å². The molecule has 0 aromatic carbocycles. The number of rotatable bonds is 3. The molecule has 2 N–H and O–H groups in total. The largest absolute Gasteiger partial charge is 0.383 e. The van der Waals surface area contributed by atoms with Gasteiger partial charge in [0.1, 0.15) is 5.82 Å². The average Bonchev–Trinajstić information content (AvgIpc) is 2.18. The van der Waals surface area contributed by atoms with Gasteiger partial charge in [0.2, 0.25) is 0 Å². The summed E-state index contributed by atoms with van der Waals surface area (Å²) in [5, 5.41) is 0.131. The Morgan fingerprint density at radius 2 is 2.40 bits per heavy atom. The van der Waals surface area contributed by atoms with Crippen LogP contribution >= 0.6 is 11.8 Å². The lowest BCUT2D eigenvalue weighted by Crippen LogP contribution is -1.93. The van der Waals surface area contributed by atoms with Crippen LogP contribution in [0, 0.1) is 6.92 Å². The highest BCUT2D eigenvalue weighted by Crippen LogP contribution is 2.11. The summed E-state index contributed by atoms with van der Waals surface area (Å²) in [6.07, 6.45) is 5.60. The van der Waals surface area contributed by atoms with Crippen LogP contribution in [-0.4, -0.2) is 15.9 Å². The summed E-state index contributed by atoms with van der Waals surface area (Å²) in [5.74, 6) is 1.25. The molecule has 0 aliphatic heterocycles. The van der Waals surface area contributed by atoms with Crippen LogP contribution < -0.4 is 5.73 Å². The van der Waals surface area contributed by atoms with E-state index in [-0.39, 0.29) is 5.12 Å². The minimum atomic E-state index is 0.131. The van der Waals surface area contributed by atoms with E-state index in [0.29, 0.717) is 11.6 Å². The lowest BCUT2D eigenvalue weighted by atomic mass is 10.2. The Kier molecular flexibility index (Phi) is 4.37. The Balaban J connectivity index is 2.57. The Morgan fingerprint density at radius 1 is 1.67 bits per heavy atom. The molecule has 1 aromatic heterocycles. The quantitative estimate of drug-likeness (QED) is 0.852. The molecule has 1 heterocycles. The molecule has 3 nitrogen and oxygen atoms in total. The maximum atomic E-state index is 10.7. The van der Waals surface area contributed by atoms with Gasteiger partial charge in [0.25, 0.3) is 0 Å². The van der Waals surface area contributed by atoms with Gasteiger partial charge in [0.15, 0.2) is 5.12 Å². The van der Waals surface area contributed by atoms with Gasteiger partial charge in [-0.1, -0.05) is 23.9 Å². The number of aromatic nitrogens is 1. The van der Waals surface area contributed by atoms with Crippen LogP contribution in [0.15, 0.2) is 18.3 Å². The van der Waals surface area contributed by atoms with Crippen molar-refractivity contribution in [1.29, 1.82) is 0 Å². The second-order valence-corrected chi connectivity index (χ2v) is 4.37. The van der Waals surface area contributed by atoms with E-state index in [4.69, 9.17) is 5.73 Å². The van der Waals surface area contributed by atoms with Gasteiger partial charge in [0.05, 0.1) is 0 Å². The van der Waals surface area contributed by atoms with Crippen molar-refractivity contribution < 1.29 is 4.79 Å². The Hall–Kier alpha value is -1.29. The number of anilines is 1. The molecule has 0 bridgehead atoms. The second kappa shape index (κ2) is 5.56. The van der Waals surface area contributed by atoms with Crippen LogP contribution in [0.2, 0.25) is 0 Å². The number of nitrogens with two attached hydrogens (primary N) is 1. The topological polar surface area (TPSA) is 56.0 Å². The number of hydrogen-bond acceptors (Lipinski definition) is 4. The van der Waals surface area contributed by atoms with Gasteiger partial charge in [-0.3, -0.25) is 4.79 Å². The van der Waals surface area contributed by atoms with E-state index in [1.54, 1.807) is 13.1 Å². The van der Waals surface area contributed by atoms with Crippen molar-refractivity contribution >= 4 is 28.8 Å². The third-order valence-electron chi connectivity index (χ3n) is 1.83. The maximum absolute atomic E-state index is 10.7. The van der Waals surface area contributed by atoms with E-state index in [9.17, 15) is 4.79 Å². The van der Waals surface area contributed by atoms with Crippen LogP contribution in [-0.2, 0) is 4.79 Å². The van der Waals surface area contributed by atoms with E-state index in [2.05, 4.69) is 4.98 Å². The standard InChI is InChI=1S/C11H14N2OS/c1-8-6-10(7-13-11(8)12)4-3-5-15-9(2)14/h3-4,6-7H,5H2,1-2H3,(H2,12,13). The molecule has 0 saturated heterocycles. The molecule has 0 unspecified atom stereocenters. The summed E-state index contributed by atoms with van der Waals surface area (Å²) in [4.78, 5) is 14.7. The van der Waals surface area contributed by atoms with E-state index in [0.717, 1.165) is 11.1 Å². The number of pyridine rings is 1. The summed E-state index contributed by atoms with van der Waals surface area (Å²) < 4.78 is 0. The Morgan fingerprint density at radius 3 is 3.00 bits per heavy atom. The van der Waals surface area contributed by atoms with Gasteiger partial charge in [-0.2, -0.15) is 0 Å². The first kappa shape index (κ1) is 11.8. The number of thioether (sulfide) groups is 1. The fraction of sp³-hybridized carbons (Fsp3) is 0.273. The van der Waals surface area contributed by atoms with Gasteiger partial charge in [-0.25, -0.2) is 4.98 Å². The highest BCUT2D eigenvalue weighted by Gasteiger charge is 1.95. The fourth-order valence-corrected chi connectivity index (χ4v) is 1.48. The molecular formula is C11H14N2OS. The Bertz CT molecular complexity index is 388. The normalized spacial score (nSPS) is 10.8. The number of aryl methyl sites for hydroxylation is 1. The van der Waals surface area contributed by atoms with Crippen molar-refractivity contribution in [2.45, 2.75) is 13.8 Å². The van der Waals surface area contributed by atoms with Gasteiger partial charge in [0, 0.05) is 18.9 Å². The van der Waals surface area contributed by atoms with Crippen molar-refractivity contribution in [3.05, 3.63) is 29.5 Å². The Labute approximate surface area is 93.8 Å². The molecule has 0 aliphatic rings. The van der Waals surface area contributed by atoms with E-state index in [1.165, 1.54) is 11.8 Å². The smallest absolute Gasteiger partial charge is 0.186 e. The fourth-order valence-electron chi connectivity index (χ4n) is 1.05. The second-order valence-electron chi connectivity index (χ2n) is 3.18. The molecule has 1 aromatic rings. The zero-order valence-corrected chi connectivity index (χ0v) is 9.67. The number of nitrogen functional groups attached to an aromatic ring is 1. The zero-order chi connectivity index (χ0) is 11.3. The third kappa shape index (κ3) is 4.16. The van der Waals surface area contributed by atoms with Crippen molar-refractivity contribution in [2.75, 3.05) is 11.5 Å². The summed E-state index contributed by atoms with van der Waals surface area (Å²) in [7, 11) is 0. The molecule has 15 heavy (non-hydrogen) atoms. The van der Waals surface area contributed by atoms with Crippen molar-refractivity contribution in [3.63, 3.8) is 0 Å². The van der Waals surface area contributed by atoms with Crippen LogP contribution in [0.4, 0.5) is 5.82 Å². The van der Waals surface area contributed by atoms with Crippen molar-refractivity contribution in [1.82, 2.24) is 4.98 Å². The van der Waals surface area contributed by atoms with Crippen LogP contribution in [0.3, 0.4) is 0 Å². The van der Waals surface area contributed by atoms with Gasteiger partial charge in [-0.05, 0) is 24.1 Å². The first-order chi connectivity index (χ1) is 7.09. The molecule has 0 radical (unpaired) electrons. The van der Waals surface area contributed by atoms with Gasteiger partial charge < -0.3 is 5.73 Å². The highest BCUT2D eigenvalue weighted by atomic mass is 32.2. The van der Waals surface area contributed by atoms with Gasteiger partial charge in [-0.15, -0.1) is 0 Å². The molecule has 4 heteroatoms. The molecule has 0 amide bonds. The zero-order valence-electron chi connectivity index (χ0n) is 8.86. The average molecular weight is 222 g/mol. The number of nitrogens with zero attached hydrogens (tertiary/aromatic N) is 1. The number of hydrogen-bond donors (Lipinski definition) is 1. The summed E-state index contributed by atoms with van der Waals surface area (Å²) in [5.41, 5.74) is 7.57. The lowest BCUT2D eigenvalue weighted by Gasteiger charge is -1.99. The van der Waals surface area contributed by atoms with Crippen LogP contribution in [0.25, 0.3) is 6.08 Å². The monoisotopic (exact) mass is 222 g/mol. The van der Waals surface area contributed by atoms with E-state index in [1.807, 2.05) is 25.1 Å². The summed E-state index contributed by atoms with van der Waals surface area (Å²) >= 11 is 1.29. The lowest BCUT2D eigenvalue weighted by molar-refractivity contribution is -0.109. The molecular weight excluding hydrogens is 208 g/mol. The molecule has 0 aliphatic carbocycles. The maximum Gasteiger partial charge on any atom is 0.186 e. The minimum absolute atomic E-state index is 0.131. The molecule has 0 spiro atoms. The highest BCUT2D eigenvalue weighted by molar-refractivity contribution is 8.13. The first-order valence-electron chi connectivity index (χ1n) is 4.61. The molecule has 0 saturated carbocycles. The van der Waals surface area contributed by atoms with E-state index >= 15 is 0 Å². The molecule has 0 atom stereocenters. The number of carbonyl (C=O) groups excluding carboxylic acids is 1. The summed E-state index contributed by atoms with van der Waals surface area (Å²) in [6.45, 7) is 3.48. The predicted octanol–water partition coefficient (Wildman–Crippen LogP) is 2.27. The third-order valence-corrected chi connectivity index (χ3v) is 2.60. The summed E-state index contributed by atoms with van der Waals surface area (Å²) in [6, 6.07) is 1.97. The number of carbonyl (C=O) groups is 1. The SMILES string of the molecule is CC(=O)SCC=Cc1cnc(N)c(C)c1. The van der Waals surface area contributed by atoms with Gasteiger partial charge >= 0.3 is 0 Å². The van der Waals surface area contributed by atoms with Crippen molar-refractivity contribution in [3.8, 4) is 0 Å². The molecule has 0 fully saturated rings. The first-order valence-corrected chi connectivity index (χ1v) is 5.60. The van der Waals surface area contributed by atoms with Crippen LogP contribution in [0.1, 0.15) is 18.1 Å². The molecule has 1 rings (SSSR count). The molecule has 80 valence electrons. The van der Waals surface area contributed by atoms with Crippen molar-refractivity contribution in [2.24, 2.45) is 0 Å². The predicted molar refractivity (Wildman–Crippen MR) is 65.6 cm³/mol.